The lowest BCUT2D eigenvalue weighted by Gasteiger charge is -2.28. The van der Waals surface area contributed by atoms with Gasteiger partial charge in [0.15, 0.2) is 23.0 Å². The summed E-state index contributed by atoms with van der Waals surface area (Å²) in [7, 11) is 0. The van der Waals surface area contributed by atoms with Gasteiger partial charge in [-0.2, -0.15) is 0 Å². The number of hydrogen-bond acceptors (Lipinski definition) is 8. The van der Waals surface area contributed by atoms with Crippen molar-refractivity contribution in [3.05, 3.63) is 88.5 Å². The van der Waals surface area contributed by atoms with Gasteiger partial charge in [-0.1, -0.05) is 67.5 Å². The Morgan fingerprint density at radius 1 is 0.773 bits per heavy atom. The summed E-state index contributed by atoms with van der Waals surface area (Å²) in [5, 5.41) is 56.5. The molecule has 0 aromatic heterocycles. The Balaban J connectivity index is 1.19. The van der Waals surface area contributed by atoms with E-state index in [4.69, 9.17) is 0 Å². The predicted molar refractivity (Wildman–Crippen MR) is 175 cm³/mol. The molecule has 2 aliphatic rings. The van der Waals surface area contributed by atoms with Crippen molar-refractivity contribution in [2.75, 3.05) is 13.2 Å². The Morgan fingerprint density at radius 3 is 2.27 bits per heavy atom. The molecule has 0 radical (unpaired) electrons. The first-order valence-electron chi connectivity index (χ1n) is 15.1. The van der Waals surface area contributed by atoms with Crippen LogP contribution >= 0.6 is 0 Å². The molecule has 6 rings (SSSR count). The van der Waals surface area contributed by atoms with Crippen LogP contribution in [0.2, 0.25) is 0 Å². The maximum atomic E-state index is 11.1. The largest absolute Gasteiger partial charge is 0.507 e. The van der Waals surface area contributed by atoms with Crippen LogP contribution in [-0.4, -0.2) is 50.7 Å². The molecule has 8 nitrogen and oxygen atoms in total. The third-order valence-corrected chi connectivity index (χ3v) is 8.97. The van der Waals surface area contributed by atoms with Crippen LogP contribution in [-0.2, 0) is 19.4 Å². The van der Waals surface area contributed by atoms with Crippen molar-refractivity contribution in [3.8, 4) is 28.7 Å². The zero-order valence-electron chi connectivity index (χ0n) is 24.5. The average Bonchev–Trinajstić information content (AvgIpc) is 3.74. The van der Waals surface area contributed by atoms with Gasteiger partial charge in [-0.05, 0) is 71.5 Å². The van der Waals surface area contributed by atoms with Crippen molar-refractivity contribution in [1.29, 1.82) is 0 Å². The van der Waals surface area contributed by atoms with Crippen molar-refractivity contribution >= 4 is 34.9 Å². The van der Waals surface area contributed by atoms with Gasteiger partial charge in [0.2, 0.25) is 0 Å². The lowest BCUT2D eigenvalue weighted by atomic mass is 9.81. The molecule has 226 valence electrons. The van der Waals surface area contributed by atoms with E-state index in [1.165, 1.54) is 36.6 Å². The van der Waals surface area contributed by atoms with Crippen LogP contribution in [0.3, 0.4) is 0 Å². The van der Waals surface area contributed by atoms with Gasteiger partial charge in [-0.25, -0.2) is 0 Å². The van der Waals surface area contributed by atoms with Crippen LogP contribution in [0.15, 0.2) is 70.6 Å². The fraction of sp³-hybridized carbons (Fsp3) is 0.278. The third kappa shape index (κ3) is 5.85. The molecule has 6 N–H and O–H groups in total. The van der Waals surface area contributed by atoms with Crippen LogP contribution in [0.1, 0.15) is 53.5 Å². The zero-order chi connectivity index (χ0) is 30.7. The van der Waals surface area contributed by atoms with Crippen molar-refractivity contribution < 1.29 is 25.5 Å². The SMILES string of the molecule is Oc1ccc(C=Cc2c(CCc3ccc(CNCC4(C5=NCN=C5)CCCC4)cc3)c(O)c(O)c3c(O)cccc23)cc1O. The molecular formula is C36H37N3O5. The smallest absolute Gasteiger partial charge is 0.169 e. The second-order valence-corrected chi connectivity index (χ2v) is 11.8. The van der Waals surface area contributed by atoms with Crippen LogP contribution in [0.5, 0.6) is 28.7 Å². The first-order chi connectivity index (χ1) is 21.3. The van der Waals surface area contributed by atoms with Crippen LogP contribution < -0.4 is 5.32 Å². The first kappa shape index (κ1) is 29.3. The second kappa shape index (κ2) is 12.4. The number of phenols is 5. The molecule has 0 spiro atoms. The fourth-order valence-corrected chi connectivity index (χ4v) is 6.54. The van der Waals surface area contributed by atoms with Crippen molar-refractivity contribution in [2.45, 2.75) is 45.1 Å². The molecule has 44 heavy (non-hydrogen) atoms. The molecule has 0 amide bonds. The van der Waals surface area contributed by atoms with E-state index in [2.05, 4.69) is 39.6 Å². The first-order valence-corrected chi connectivity index (χ1v) is 15.1. The maximum absolute atomic E-state index is 11.1. The van der Waals surface area contributed by atoms with Crippen molar-refractivity contribution in [2.24, 2.45) is 15.4 Å². The monoisotopic (exact) mass is 591 g/mol. The third-order valence-electron chi connectivity index (χ3n) is 8.97. The summed E-state index contributed by atoms with van der Waals surface area (Å²) < 4.78 is 0. The van der Waals surface area contributed by atoms with E-state index in [1.54, 1.807) is 30.4 Å². The summed E-state index contributed by atoms with van der Waals surface area (Å²) in [6, 6.07) is 17.9. The number of aryl methyl sites for hydroxylation is 1. The van der Waals surface area contributed by atoms with Crippen LogP contribution in [0, 0.1) is 5.41 Å². The highest BCUT2D eigenvalue weighted by Gasteiger charge is 2.38. The number of rotatable bonds is 10. The summed E-state index contributed by atoms with van der Waals surface area (Å²) in [4.78, 5) is 8.95. The number of phenolic OH excluding ortho intramolecular Hbond substituents is 5. The van der Waals surface area contributed by atoms with Gasteiger partial charge in [-0.15, -0.1) is 0 Å². The molecule has 4 aromatic rings. The molecule has 8 heteroatoms. The van der Waals surface area contributed by atoms with Gasteiger partial charge in [0.1, 0.15) is 12.4 Å². The Morgan fingerprint density at radius 2 is 1.55 bits per heavy atom. The molecule has 1 saturated carbocycles. The molecule has 0 unspecified atom stereocenters. The number of hydrogen-bond donors (Lipinski definition) is 6. The number of aliphatic imine (C=N–C) groups is 2. The lowest BCUT2D eigenvalue weighted by Crippen LogP contribution is -2.39. The minimum Gasteiger partial charge on any atom is -0.507 e. The zero-order valence-corrected chi connectivity index (χ0v) is 24.5. The summed E-state index contributed by atoms with van der Waals surface area (Å²) in [6.07, 6.45) is 11.3. The molecule has 4 aromatic carbocycles. The average molecular weight is 592 g/mol. The fourth-order valence-electron chi connectivity index (χ4n) is 6.54. The summed E-state index contributed by atoms with van der Waals surface area (Å²) in [5.74, 6) is -1.22. The maximum Gasteiger partial charge on any atom is 0.169 e. The van der Waals surface area contributed by atoms with E-state index in [0.29, 0.717) is 41.6 Å². The summed E-state index contributed by atoms with van der Waals surface area (Å²) in [6.45, 7) is 2.20. The van der Waals surface area contributed by atoms with E-state index in [9.17, 15) is 25.5 Å². The summed E-state index contributed by atoms with van der Waals surface area (Å²) in [5.41, 5.74) is 5.35. The van der Waals surface area contributed by atoms with Crippen molar-refractivity contribution in [3.63, 3.8) is 0 Å². The summed E-state index contributed by atoms with van der Waals surface area (Å²) >= 11 is 0. The van der Waals surface area contributed by atoms with E-state index in [-0.39, 0.29) is 39.5 Å². The molecule has 0 saturated heterocycles. The molecule has 1 fully saturated rings. The standard InChI is InChI=1S/C36H37N3O5/c40-29-15-12-24(18-31(29)42)11-13-26-27-4-3-5-30(41)33(27)35(44)34(43)28(26)14-10-23-6-8-25(9-7-23)19-37-21-36(16-1-2-17-36)32-20-38-22-39-32/h3-9,11-13,15,18,20,37,40-44H,1-2,10,14,16-17,19,21-22H2. The number of aromatic hydroxyl groups is 5. The van der Waals surface area contributed by atoms with Crippen molar-refractivity contribution in [1.82, 2.24) is 5.32 Å². The van der Waals surface area contributed by atoms with Gasteiger partial charge in [-0.3, -0.25) is 9.98 Å². The van der Waals surface area contributed by atoms with Gasteiger partial charge in [0.25, 0.3) is 0 Å². The normalized spacial score (nSPS) is 15.9. The van der Waals surface area contributed by atoms with Gasteiger partial charge >= 0.3 is 0 Å². The molecule has 1 aliphatic heterocycles. The minimum absolute atomic E-state index is 0.0962. The quantitative estimate of drug-likeness (QED) is 0.0925. The number of nitrogens with zero attached hydrogens (tertiary/aromatic N) is 2. The predicted octanol–water partition coefficient (Wildman–Crippen LogP) is 6.46. The number of benzene rings is 4. The molecule has 1 heterocycles. The number of fused-ring (bicyclic) bond motifs is 1. The van der Waals surface area contributed by atoms with E-state index in [1.807, 2.05) is 6.21 Å². The lowest BCUT2D eigenvalue weighted by molar-refractivity contribution is 0.401. The van der Waals surface area contributed by atoms with E-state index in [0.717, 1.165) is 37.2 Å². The highest BCUT2D eigenvalue weighted by Crippen LogP contribution is 2.45. The Bertz CT molecular complexity index is 1770. The molecule has 0 atom stereocenters. The topological polar surface area (TPSA) is 138 Å². The number of nitrogens with one attached hydrogen (secondary N) is 1. The molecule has 0 bridgehead atoms. The second-order valence-electron chi connectivity index (χ2n) is 11.8. The van der Waals surface area contributed by atoms with Gasteiger partial charge in [0, 0.05) is 30.3 Å². The Labute approximate surface area is 256 Å². The molecule has 1 aliphatic carbocycles. The van der Waals surface area contributed by atoms with E-state index >= 15 is 0 Å². The van der Waals surface area contributed by atoms with Crippen LogP contribution in [0.4, 0.5) is 0 Å². The van der Waals surface area contributed by atoms with Crippen LogP contribution in [0.25, 0.3) is 22.9 Å². The van der Waals surface area contributed by atoms with Gasteiger partial charge in [0.05, 0.1) is 11.1 Å². The van der Waals surface area contributed by atoms with Gasteiger partial charge < -0.3 is 30.8 Å². The highest BCUT2D eigenvalue weighted by molar-refractivity contribution is 6.34. The highest BCUT2D eigenvalue weighted by atomic mass is 16.3. The Hall–Kier alpha value is -4.82. The van der Waals surface area contributed by atoms with E-state index < -0.39 is 0 Å². The minimum atomic E-state index is -0.358. The Kier molecular flexibility index (Phi) is 8.26. The molecular weight excluding hydrogens is 554 g/mol.